The number of para-hydroxylation sites is 1. The van der Waals surface area contributed by atoms with Crippen LogP contribution in [0.25, 0.3) is 11.1 Å². The lowest BCUT2D eigenvalue weighted by Gasteiger charge is -2.52. The Kier molecular flexibility index (Phi) is 7.70. The first kappa shape index (κ1) is 31.6. The van der Waals surface area contributed by atoms with Crippen LogP contribution in [0.15, 0.2) is 42.5 Å². The van der Waals surface area contributed by atoms with Crippen molar-refractivity contribution < 1.29 is 37.3 Å². The van der Waals surface area contributed by atoms with Crippen LogP contribution in [0.3, 0.4) is 0 Å². The first-order valence-corrected chi connectivity index (χ1v) is 16.6. The zero-order valence-electron chi connectivity index (χ0n) is 25.6. The molecule has 5 aliphatic rings. The second-order valence-electron chi connectivity index (χ2n) is 13.2. The van der Waals surface area contributed by atoms with E-state index < -0.39 is 23.6 Å². The molecular weight excluding hydrogens is 672 g/mol. The number of carboxylic acids is 1. The summed E-state index contributed by atoms with van der Waals surface area (Å²) in [6.45, 7) is 1.60. The zero-order chi connectivity index (χ0) is 33.5. The third-order valence-electron chi connectivity index (χ3n) is 10.1. The average molecular weight is 704 g/mol. The van der Waals surface area contributed by atoms with Gasteiger partial charge in [-0.25, -0.2) is 18.0 Å². The molecule has 9 nitrogen and oxygen atoms in total. The number of aromatic carboxylic acids is 1. The summed E-state index contributed by atoms with van der Waals surface area (Å²) in [4.78, 5) is 33.2. The third kappa shape index (κ3) is 5.33. The molecule has 0 saturated carbocycles. The van der Waals surface area contributed by atoms with Gasteiger partial charge in [-0.2, -0.15) is 0 Å². The summed E-state index contributed by atoms with van der Waals surface area (Å²) in [5.41, 5.74) is 2.45. The van der Waals surface area contributed by atoms with Crippen molar-refractivity contribution in [2.24, 2.45) is 0 Å². The van der Waals surface area contributed by atoms with Crippen molar-refractivity contribution in [1.82, 2.24) is 9.80 Å². The molecule has 48 heavy (non-hydrogen) atoms. The number of likely N-dealkylation sites (tertiary alicyclic amines) is 1. The van der Waals surface area contributed by atoms with Gasteiger partial charge in [0.25, 0.3) is 11.8 Å². The maximum atomic E-state index is 15.7. The molecule has 2 unspecified atom stereocenters. The quantitative estimate of drug-likeness (QED) is 0.335. The Morgan fingerprint density at radius 3 is 2.27 bits per heavy atom. The highest BCUT2D eigenvalue weighted by Crippen LogP contribution is 2.44. The minimum absolute atomic E-state index is 0.0115. The number of benzene rings is 3. The number of hydrogen-bond donors (Lipinski definition) is 1. The number of nitrogens with zero attached hydrogens (tertiary/aromatic N) is 4. The fourth-order valence-electron chi connectivity index (χ4n) is 7.60. The summed E-state index contributed by atoms with van der Waals surface area (Å²) in [6, 6.07) is 11.3. The highest BCUT2D eigenvalue weighted by Gasteiger charge is 2.49. The van der Waals surface area contributed by atoms with E-state index in [-0.39, 0.29) is 71.2 Å². The molecule has 0 radical (unpaired) electrons. The smallest absolute Gasteiger partial charge is 0.337 e. The van der Waals surface area contributed by atoms with E-state index in [0.717, 1.165) is 18.9 Å². The predicted octanol–water partition coefficient (Wildman–Crippen LogP) is 6.00. The van der Waals surface area contributed by atoms with Crippen molar-refractivity contribution in [2.75, 3.05) is 55.9 Å². The number of ether oxygens (including phenoxy) is 2. The van der Waals surface area contributed by atoms with Crippen LogP contribution in [-0.2, 0) is 11.3 Å². The molecule has 5 aliphatic heterocycles. The monoisotopic (exact) mass is 702 g/mol. The molecule has 3 aromatic carbocycles. The number of carbonyl (C=O) groups is 2. The van der Waals surface area contributed by atoms with E-state index in [9.17, 15) is 23.5 Å². The third-order valence-corrected chi connectivity index (χ3v) is 10.7. The van der Waals surface area contributed by atoms with Gasteiger partial charge in [-0.15, -0.1) is 0 Å². The highest BCUT2D eigenvalue weighted by molar-refractivity contribution is 6.40. The Morgan fingerprint density at radius 2 is 1.62 bits per heavy atom. The van der Waals surface area contributed by atoms with Crippen molar-refractivity contribution in [3.63, 3.8) is 0 Å². The molecule has 4 fully saturated rings. The number of carbonyl (C=O) groups excluding carboxylic acids is 1. The van der Waals surface area contributed by atoms with Crippen LogP contribution in [-0.4, -0.2) is 97.0 Å². The lowest BCUT2D eigenvalue weighted by molar-refractivity contribution is -0.148. The van der Waals surface area contributed by atoms with E-state index in [1.807, 2.05) is 4.90 Å². The predicted molar refractivity (Wildman–Crippen MR) is 173 cm³/mol. The summed E-state index contributed by atoms with van der Waals surface area (Å²) >= 11 is 13.2. The van der Waals surface area contributed by atoms with Crippen LogP contribution < -0.4 is 14.5 Å². The fraction of sp³-hybridized carbons (Fsp3) is 0.412. The molecule has 3 aromatic rings. The Bertz CT molecular complexity index is 1790. The summed E-state index contributed by atoms with van der Waals surface area (Å²) in [5.74, 6) is -4.56. The van der Waals surface area contributed by atoms with Gasteiger partial charge in [0, 0.05) is 41.5 Å². The molecule has 5 heterocycles. The lowest BCUT2D eigenvalue weighted by atomic mass is 9.96. The first-order chi connectivity index (χ1) is 23.0. The minimum atomic E-state index is -2.62. The Balaban J connectivity index is 1.03. The van der Waals surface area contributed by atoms with Gasteiger partial charge in [0.2, 0.25) is 0 Å². The van der Waals surface area contributed by atoms with Gasteiger partial charge in [-0.1, -0.05) is 41.4 Å². The van der Waals surface area contributed by atoms with Gasteiger partial charge >= 0.3 is 5.97 Å². The zero-order valence-corrected chi connectivity index (χ0v) is 27.1. The van der Waals surface area contributed by atoms with E-state index in [0.29, 0.717) is 54.6 Å². The van der Waals surface area contributed by atoms with Crippen LogP contribution in [0.5, 0.6) is 5.75 Å². The second-order valence-corrected chi connectivity index (χ2v) is 14.0. The maximum Gasteiger partial charge on any atom is 0.337 e. The van der Waals surface area contributed by atoms with Gasteiger partial charge in [-0.3, -0.25) is 9.69 Å². The molecule has 8 rings (SSSR count). The number of halogens is 5. The highest BCUT2D eigenvalue weighted by atomic mass is 35.5. The molecule has 14 heteroatoms. The van der Waals surface area contributed by atoms with E-state index in [4.69, 9.17) is 32.7 Å². The number of fused-ring (bicyclic) bond motifs is 3. The SMILES string of the molecule is O=C(O)c1cc(F)c(-c2cccc3c2OCN(C(=O)c2c(Cl)cc(N4CC(N5CC(F)(F)C5)C4)cc2Cl)C3)cc1N1C2CCC1COC2. The molecule has 0 aliphatic carbocycles. The van der Waals surface area contributed by atoms with Crippen LogP contribution in [0, 0.1) is 5.82 Å². The molecule has 2 bridgehead atoms. The van der Waals surface area contributed by atoms with Gasteiger partial charge in [0.05, 0.1) is 71.8 Å². The average Bonchev–Trinajstić information content (AvgIpc) is 3.25. The normalized spacial score (nSPS) is 23.3. The molecular formula is C34H31Cl2F3N4O5. The van der Waals surface area contributed by atoms with E-state index in [2.05, 4.69) is 4.90 Å². The van der Waals surface area contributed by atoms with Crippen molar-refractivity contribution in [3.05, 3.63) is 75.0 Å². The number of alkyl halides is 2. The first-order valence-electron chi connectivity index (χ1n) is 15.8. The number of carboxylic acid groups (broad SMARTS) is 1. The molecule has 1 amide bonds. The van der Waals surface area contributed by atoms with Crippen molar-refractivity contribution in [1.29, 1.82) is 0 Å². The molecule has 0 spiro atoms. The number of anilines is 2. The van der Waals surface area contributed by atoms with E-state index >= 15 is 4.39 Å². The maximum absolute atomic E-state index is 15.7. The summed E-state index contributed by atoms with van der Waals surface area (Å²) in [7, 11) is 0. The number of amides is 1. The molecule has 4 saturated heterocycles. The van der Waals surface area contributed by atoms with Gasteiger partial charge in [0.15, 0.2) is 6.73 Å². The van der Waals surface area contributed by atoms with Crippen LogP contribution in [0.2, 0.25) is 10.0 Å². The van der Waals surface area contributed by atoms with Crippen molar-refractivity contribution in [2.45, 2.75) is 43.4 Å². The van der Waals surface area contributed by atoms with Gasteiger partial charge in [-0.05, 0) is 37.1 Å². The van der Waals surface area contributed by atoms with Crippen molar-refractivity contribution >= 4 is 46.5 Å². The topological polar surface area (TPSA) is 85.8 Å². The van der Waals surface area contributed by atoms with Crippen molar-refractivity contribution in [3.8, 4) is 16.9 Å². The minimum Gasteiger partial charge on any atom is -0.478 e. The molecule has 2 atom stereocenters. The Hall–Kier alpha value is -3.71. The van der Waals surface area contributed by atoms with E-state index in [1.54, 1.807) is 41.3 Å². The Labute approximate surface area is 284 Å². The van der Waals surface area contributed by atoms with Gasteiger partial charge < -0.3 is 29.3 Å². The number of morpholine rings is 1. The van der Waals surface area contributed by atoms with Crippen LogP contribution in [0.4, 0.5) is 24.5 Å². The standard InChI is InChI=1S/C34H31Cl2F3N4O5/c35-26-6-21(40-11-22(12-40)42-15-34(38,39)16-42)7-27(36)30(26)32(44)41-10-18-2-1-3-23(31(18)48-17-41)24-9-29(25(33(45)46)8-28(24)37)43-19-4-5-20(43)14-47-13-19/h1-3,6-9,19-20,22H,4-5,10-17H2,(H,45,46). The van der Waals surface area contributed by atoms with E-state index in [1.165, 1.54) is 4.90 Å². The summed E-state index contributed by atoms with van der Waals surface area (Å²) < 4.78 is 54.0. The Morgan fingerprint density at radius 1 is 0.938 bits per heavy atom. The van der Waals surface area contributed by atoms with Crippen LogP contribution >= 0.6 is 23.2 Å². The molecule has 0 aromatic heterocycles. The summed E-state index contributed by atoms with van der Waals surface area (Å²) in [6.07, 6.45) is 1.73. The largest absolute Gasteiger partial charge is 0.478 e. The van der Waals surface area contributed by atoms with Crippen LogP contribution in [0.1, 0.15) is 39.1 Å². The second kappa shape index (κ2) is 11.7. The molecule has 1 N–H and O–H groups in total. The number of rotatable bonds is 6. The fourth-order valence-corrected chi connectivity index (χ4v) is 8.24. The molecule has 252 valence electrons. The summed E-state index contributed by atoms with van der Waals surface area (Å²) in [5, 5.41) is 10.3. The lowest BCUT2D eigenvalue weighted by Crippen LogP contribution is -2.69. The number of hydrogen-bond acceptors (Lipinski definition) is 7. The van der Waals surface area contributed by atoms with Gasteiger partial charge in [0.1, 0.15) is 11.6 Å².